The lowest BCUT2D eigenvalue weighted by atomic mass is 9.99. The molecule has 1 unspecified atom stereocenters. The second-order valence-electron chi connectivity index (χ2n) is 3.75. The van der Waals surface area contributed by atoms with Gasteiger partial charge >= 0.3 is 0 Å². The van der Waals surface area contributed by atoms with Gasteiger partial charge in [0.15, 0.2) is 5.82 Å². The summed E-state index contributed by atoms with van der Waals surface area (Å²) in [5.74, 6) is -0.178. The first-order chi connectivity index (χ1) is 6.42. The van der Waals surface area contributed by atoms with Crippen molar-refractivity contribution in [3.05, 3.63) is 18.2 Å². The molecule has 4 nitrogen and oxygen atoms in total. The Kier molecular flexibility index (Phi) is 3.00. The van der Waals surface area contributed by atoms with Gasteiger partial charge in [-0.05, 0) is 20.8 Å². The van der Waals surface area contributed by atoms with Crippen LogP contribution >= 0.6 is 0 Å². The molecular formula is C9H14FN3O. The minimum Gasteiger partial charge on any atom is -0.391 e. The van der Waals surface area contributed by atoms with E-state index in [-0.39, 0.29) is 0 Å². The minimum atomic E-state index is -0.559. The van der Waals surface area contributed by atoms with Gasteiger partial charge < -0.3 is 10.4 Å². The maximum absolute atomic E-state index is 12.5. The standard InChI is InChI=1S/C9H14FN3O/c1-6(14)9(2,3)13-8-11-4-7(10)5-12-8/h4-6,14H,1-3H3,(H,11,12,13). The van der Waals surface area contributed by atoms with Crippen LogP contribution in [0.25, 0.3) is 0 Å². The molecule has 0 fully saturated rings. The average molecular weight is 199 g/mol. The smallest absolute Gasteiger partial charge is 0.223 e. The Hall–Kier alpha value is -1.23. The molecule has 0 bridgehead atoms. The molecule has 14 heavy (non-hydrogen) atoms. The summed E-state index contributed by atoms with van der Waals surface area (Å²) in [5.41, 5.74) is -0.544. The van der Waals surface area contributed by atoms with E-state index in [1.807, 2.05) is 13.8 Å². The quantitative estimate of drug-likeness (QED) is 0.767. The molecule has 1 atom stereocenters. The van der Waals surface area contributed by atoms with Gasteiger partial charge in [-0.1, -0.05) is 0 Å². The molecule has 0 aliphatic rings. The molecule has 0 aliphatic carbocycles. The van der Waals surface area contributed by atoms with Crippen molar-refractivity contribution in [3.63, 3.8) is 0 Å². The Morgan fingerprint density at radius 3 is 2.36 bits per heavy atom. The molecule has 1 aromatic rings. The number of hydrogen-bond donors (Lipinski definition) is 2. The van der Waals surface area contributed by atoms with E-state index in [1.54, 1.807) is 6.92 Å². The fourth-order valence-electron chi connectivity index (χ4n) is 0.769. The maximum atomic E-state index is 12.5. The first-order valence-electron chi connectivity index (χ1n) is 4.35. The predicted molar refractivity (Wildman–Crippen MR) is 51.4 cm³/mol. The van der Waals surface area contributed by atoms with Crippen LogP contribution in [0.5, 0.6) is 0 Å². The largest absolute Gasteiger partial charge is 0.391 e. The topological polar surface area (TPSA) is 58.0 Å². The number of aromatic nitrogens is 2. The Morgan fingerprint density at radius 1 is 1.43 bits per heavy atom. The van der Waals surface area contributed by atoms with Gasteiger partial charge in [0.25, 0.3) is 0 Å². The van der Waals surface area contributed by atoms with Crippen molar-refractivity contribution in [1.82, 2.24) is 9.97 Å². The van der Waals surface area contributed by atoms with E-state index in [1.165, 1.54) is 0 Å². The predicted octanol–water partition coefficient (Wildman–Crippen LogP) is 1.19. The van der Waals surface area contributed by atoms with Crippen LogP contribution in [-0.4, -0.2) is 26.7 Å². The Morgan fingerprint density at radius 2 is 1.93 bits per heavy atom. The Labute approximate surface area is 82.2 Å². The number of rotatable bonds is 3. The van der Waals surface area contributed by atoms with Crippen LogP contribution in [0, 0.1) is 5.82 Å². The normalized spacial score (nSPS) is 13.8. The van der Waals surface area contributed by atoms with E-state index in [9.17, 15) is 9.50 Å². The first kappa shape index (κ1) is 10.8. The molecule has 1 rings (SSSR count). The van der Waals surface area contributed by atoms with Crippen molar-refractivity contribution < 1.29 is 9.50 Å². The van der Waals surface area contributed by atoms with Gasteiger partial charge in [0.1, 0.15) is 0 Å². The maximum Gasteiger partial charge on any atom is 0.223 e. The van der Waals surface area contributed by atoms with Crippen LogP contribution in [0.3, 0.4) is 0 Å². The molecular weight excluding hydrogens is 185 g/mol. The monoisotopic (exact) mass is 199 g/mol. The second kappa shape index (κ2) is 3.88. The average Bonchev–Trinajstić information content (AvgIpc) is 2.08. The van der Waals surface area contributed by atoms with Crippen LogP contribution in [0.2, 0.25) is 0 Å². The van der Waals surface area contributed by atoms with E-state index >= 15 is 0 Å². The fraction of sp³-hybridized carbons (Fsp3) is 0.556. The zero-order valence-electron chi connectivity index (χ0n) is 8.45. The third kappa shape index (κ3) is 2.63. The van der Waals surface area contributed by atoms with Gasteiger partial charge in [-0.3, -0.25) is 0 Å². The molecule has 0 radical (unpaired) electrons. The second-order valence-corrected chi connectivity index (χ2v) is 3.75. The van der Waals surface area contributed by atoms with E-state index < -0.39 is 17.5 Å². The molecule has 5 heteroatoms. The highest BCUT2D eigenvalue weighted by molar-refractivity contribution is 5.27. The Balaban J connectivity index is 2.74. The summed E-state index contributed by atoms with van der Waals surface area (Å²) >= 11 is 0. The third-order valence-electron chi connectivity index (χ3n) is 2.10. The van der Waals surface area contributed by atoms with Crippen molar-refractivity contribution >= 4 is 5.95 Å². The molecule has 0 amide bonds. The molecule has 78 valence electrons. The number of hydrogen-bond acceptors (Lipinski definition) is 4. The number of aliphatic hydroxyl groups is 1. The van der Waals surface area contributed by atoms with Crippen molar-refractivity contribution in [1.29, 1.82) is 0 Å². The fourth-order valence-corrected chi connectivity index (χ4v) is 0.769. The van der Waals surface area contributed by atoms with Gasteiger partial charge in [0.05, 0.1) is 24.0 Å². The highest BCUT2D eigenvalue weighted by Crippen LogP contribution is 2.14. The molecule has 0 saturated carbocycles. The van der Waals surface area contributed by atoms with Crippen LogP contribution in [0.15, 0.2) is 12.4 Å². The summed E-state index contributed by atoms with van der Waals surface area (Å²) in [7, 11) is 0. The van der Waals surface area contributed by atoms with Crippen molar-refractivity contribution in [2.24, 2.45) is 0 Å². The van der Waals surface area contributed by atoms with Crippen LogP contribution < -0.4 is 5.32 Å². The molecule has 1 heterocycles. The highest BCUT2D eigenvalue weighted by Gasteiger charge is 2.24. The van der Waals surface area contributed by atoms with Gasteiger partial charge in [-0.2, -0.15) is 0 Å². The highest BCUT2D eigenvalue weighted by atomic mass is 19.1. The number of nitrogens with one attached hydrogen (secondary N) is 1. The minimum absolute atomic E-state index is 0.303. The van der Waals surface area contributed by atoms with E-state index in [0.717, 1.165) is 12.4 Å². The van der Waals surface area contributed by atoms with Gasteiger partial charge in [-0.25, -0.2) is 14.4 Å². The number of nitrogens with zero attached hydrogens (tertiary/aromatic N) is 2. The van der Waals surface area contributed by atoms with Crippen LogP contribution in [-0.2, 0) is 0 Å². The zero-order chi connectivity index (χ0) is 10.8. The lowest BCUT2D eigenvalue weighted by molar-refractivity contribution is 0.132. The summed E-state index contributed by atoms with van der Waals surface area (Å²) in [6.45, 7) is 5.28. The molecule has 2 N–H and O–H groups in total. The number of halogens is 1. The molecule has 0 aliphatic heterocycles. The lowest BCUT2D eigenvalue weighted by Gasteiger charge is -2.29. The summed E-state index contributed by atoms with van der Waals surface area (Å²) < 4.78 is 12.5. The van der Waals surface area contributed by atoms with Crippen molar-refractivity contribution in [2.45, 2.75) is 32.4 Å². The summed E-state index contributed by atoms with van der Waals surface area (Å²) in [4.78, 5) is 7.48. The molecule has 0 aromatic carbocycles. The SMILES string of the molecule is CC(O)C(C)(C)Nc1ncc(F)cn1. The van der Waals surface area contributed by atoms with Gasteiger partial charge in [0, 0.05) is 0 Å². The van der Waals surface area contributed by atoms with E-state index in [0.29, 0.717) is 5.95 Å². The van der Waals surface area contributed by atoms with Crippen molar-refractivity contribution in [3.8, 4) is 0 Å². The van der Waals surface area contributed by atoms with Crippen molar-refractivity contribution in [2.75, 3.05) is 5.32 Å². The number of aliphatic hydroxyl groups excluding tert-OH is 1. The summed E-state index contributed by atoms with van der Waals surface area (Å²) in [5, 5.41) is 12.3. The third-order valence-corrected chi connectivity index (χ3v) is 2.10. The summed E-state index contributed by atoms with van der Waals surface area (Å²) in [6.07, 6.45) is 1.59. The lowest BCUT2D eigenvalue weighted by Crippen LogP contribution is -2.42. The van der Waals surface area contributed by atoms with E-state index in [4.69, 9.17) is 0 Å². The first-order valence-corrected chi connectivity index (χ1v) is 4.35. The van der Waals surface area contributed by atoms with Crippen LogP contribution in [0.4, 0.5) is 10.3 Å². The zero-order valence-corrected chi connectivity index (χ0v) is 8.45. The molecule has 0 saturated heterocycles. The van der Waals surface area contributed by atoms with E-state index in [2.05, 4.69) is 15.3 Å². The molecule has 0 spiro atoms. The van der Waals surface area contributed by atoms with Gasteiger partial charge in [-0.15, -0.1) is 0 Å². The van der Waals surface area contributed by atoms with Crippen LogP contribution in [0.1, 0.15) is 20.8 Å². The Bertz CT molecular complexity index is 297. The summed E-state index contributed by atoms with van der Waals surface area (Å²) in [6, 6.07) is 0. The molecule has 1 aromatic heterocycles. The number of anilines is 1. The van der Waals surface area contributed by atoms with Gasteiger partial charge in [0.2, 0.25) is 5.95 Å².